The number of benzene rings is 1. The minimum Gasteiger partial charge on any atom is -0.491 e. The summed E-state index contributed by atoms with van der Waals surface area (Å²) in [7, 11) is 1.64. The Hall–Kier alpha value is -1.59. The molecule has 0 saturated carbocycles. The molecule has 0 aliphatic carbocycles. The molecule has 0 heterocycles. The van der Waals surface area contributed by atoms with Crippen LogP contribution in [0.1, 0.15) is 26.3 Å². The number of carbonyl (C=O) groups excluding carboxylic acids is 1. The van der Waals surface area contributed by atoms with Crippen molar-refractivity contribution in [3.63, 3.8) is 0 Å². The third-order valence-electron chi connectivity index (χ3n) is 3.16. The van der Waals surface area contributed by atoms with Gasteiger partial charge in [0.05, 0.1) is 12.6 Å². The first-order chi connectivity index (χ1) is 9.84. The second kappa shape index (κ2) is 8.00. The van der Waals surface area contributed by atoms with Gasteiger partial charge < -0.3 is 20.5 Å². The van der Waals surface area contributed by atoms with Crippen molar-refractivity contribution in [3.8, 4) is 5.75 Å². The fraction of sp³-hybridized carbons (Fsp3) is 0.562. The molecule has 0 spiro atoms. The number of methoxy groups -OCH3 is 1. The topological polar surface area (TPSA) is 73.6 Å². The molecular formula is C16H26N2O3. The monoisotopic (exact) mass is 294 g/mol. The fourth-order valence-electron chi connectivity index (χ4n) is 1.64. The van der Waals surface area contributed by atoms with Gasteiger partial charge in [0.25, 0.3) is 0 Å². The molecule has 0 fully saturated rings. The van der Waals surface area contributed by atoms with E-state index in [1.54, 1.807) is 7.11 Å². The number of amides is 1. The number of nitrogens with one attached hydrogen (secondary N) is 1. The summed E-state index contributed by atoms with van der Waals surface area (Å²) >= 11 is 0. The number of carbonyl (C=O) groups is 1. The molecule has 5 nitrogen and oxygen atoms in total. The minimum atomic E-state index is -0.519. The van der Waals surface area contributed by atoms with Crippen LogP contribution in [-0.4, -0.2) is 32.3 Å². The van der Waals surface area contributed by atoms with E-state index in [1.165, 1.54) is 0 Å². The molecule has 0 bridgehead atoms. The predicted octanol–water partition coefficient (Wildman–Crippen LogP) is 1.70. The molecule has 118 valence electrons. The standard InChI is InChI=1S/C16H26N2O3/c1-16(2,3)14(17)15(19)18-11-12-5-7-13(8-6-12)21-10-9-20-4/h5-8,14H,9-11,17H2,1-4H3,(H,18,19)/t14-/m1/s1. The van der Waals surface area contributed by atoms with Gasteiger partial charge in [-0.3, -0.25) is 4.79 Å². The summed E-state index contributed by atoms with van der Waals surface area (Å²) in [5.41, 5.74) is 6.66. The van der Waals surface area contributed by atoms with Crippen LogP contribution in [-0.2, 0) is 16.1 Å². The van der Waals surface area contributed by atoms with Crippen molar-refractivity contribution in [2.24, 2.45) is 11.1 Å². The molecule has 3 N–H and O–H groups in total. The third-order valence-corrected chi connectivity index (χ3v) is 3.16. The summed E-state index contributed by atoms with van der Waals surface area (Å²) < 4.78 is 10.4. The molecule has 0 aromatic heterocycles. The van der Waals surface area contributed by atoms with E-state index in [2.05, 4.69) is 5.32 Å². The molecule has 0 radical (unpaired) electrons. The van der Waals surface area contributed by atoms with Crippen molar-refractivity contribution in [1.29, 1.82) is 0 Å². The van der Waals surface area contributed by atoms with E-state index in [0.717, 1.165) is 11.3 Å². The predicted molar refractivity (Wildman–Crippen MR) is 83.1 cm³/mol. The highest BCUT2D eigenvalue weighted by Gasteiger charge is 2.26. The molecule has 0 unspecified atom stereocenters. The summed E-state index contributed by atoms with van der Waals surface area (Å²) in [5.74, 6) is 0.649. The normalized spacial score (nSPS) is 12.8. The first kappa shape index (κ1) is 17.5. The summed E-state index contributed by atoms with van der Waals surface area (Å²) in [6, 6.07) is 7.08. The van der Waals surface area contributed by atoms with Gasteiger partial charge in [-0.25, -0.2) is 0 Å². The molecule has 1 aromatic rings. The van der Waals surface area contributed by atoms with Gasteiger partial charge in [-0.2, -0.15) is 0 Å². The smallest absolute Gasteiger partial charge is 0.237 e. The van der Waals surface area contributed by atoms with E-state index < -0.39 is 6.04 Å². The lowest BCUT2D eigenvalue weighted by Crippen LogP contribution is -2.48. The Kier molecular flexibility index (Phi) is 6.65. The molecule has 1 amide bonds. The molecule has 1 atom stereocenters. The maximum Gasteiger partial charge on any atom is 0.237 e. The largest absolute Gasteiger partial charge is 0.491 e. The zero-order valence-corrected chi connectivity index (χ0v) is 13.3. The summed E-state index contributed by atoms with van der Waals surface area (Å²) in [6.07, 6.45) is 0. The van der Waals surface area contributed by atoms with Gasteiger partial charge in [-0.1, -0.05) is 32.9 Å². The second-order valence-electron chi connectivity index (χ2n) is 6.05. The number of nitrogens with two attached hydrogens (primary N) is 1. The van der Waals surface area contributed by atoms with Crippen LogP contribution in [0.25, 0.3) is 0 Å². The van der Waals surface area contributed by atoms with E-state index in [1.807, 2.05) is 45.0 Å². The van der Waals surface area contributed by atoms with Gasteiger partial charge >= 0.3 is 0 Å². The van der Waals surface area contributed by atoms with Crippen LogP contribution >= 0.6 is 0 Å². The Balaban J connectivity index is 2.44. The van der Waals surface area contributed by atoms with Crippen molar-refractivity contribution in [1.82, 2.24) is 5.32 Å². The molecule has 0 saturated heterocycles. The Bertz CT molecular complexity index is 438. The zero-order chi connectivity index (χ0) is 15.9. The van der Waals surface area contributed by atoms with Gasteiger partial charge in [-0.15, -0.1) is 0 Å². The fourth-order valence-corrected chi connectivity index (χ4v) is 1.64. The molecule has 0 aliphatic rings. The van der Waals surface area contributed by atoms with E-state index in [9.17, 15) is 4.79 Å². The average molecular weight is 294 g/mol. The zero-order valence-electron chi connectivity index (χ0n) is 13.3. The first-order valence-electron chi connectivity index (χ1n) is 7.08. The average Bonchev–Trinajstić information content (AvgIpc) is 2.44. The number of hydrogen-bond donors (Lipinski definition) is 2. The summed E-state index contributed by atoms with van der Waals surface area (Å²) in [4.78, 5) is 11.9. The van der Waals surface area contributed by atoms with Crippen LogP contribution in [0, 0.1) is 5.41 Å². The highest BCUT2D eigenvalue weighted by molar-refractivity contribution is 5.82. The van der Waals surface area contributed by atoms with Gasteiger partial charge in [0.1, 0.15) is 12.4 Å². The van der Waals surface area contributed by atoms with E-state index in [-0.39, 0.29) is 11.3 Å². The quantitative estimate of drug-likeness (QED) is 0.751. The summed E-state index contributed by atoms with van der Waals surface area (Å²) in [6.45, 7) is 7.38. The number of ether oxygens (including phenoxy) is 2. The number of hydrogen-bond acceptors (Lipinski definition) is 4. The van der Waals surface area contributed by atoms with Crippen LogP contribution in [0.4, 0.5) is 0 Å². The van der Waals surface area contributed by atoms with Gasteiger partial charge in [-0.05, 0) is 23.1 Å². The highest BCUT2D eigenvalue weighted by Crippen LogP contribution is 2.17. The number of rotatable bonds is 7. The minimum absolute atomic E-state index is 0.136. The Morgan fingerprint density at radius 3 is 2.38 bits per heavy atom. The van der Waals surface area contributed by atoms with Crippen molar-refractivity contribution in [2.45, 2.75) is 33.4 Å². The van der Waals surface area contributed by atoms with Crippen molar-refractivity contribution >= 4 is 5.91 Å². The molecule has 0 aliphatic heterocycles. The Labute approximate surface area is 126 Å². The molecule has 21 heavy (non-hydrogen) atoms. The molecule has 1 aromatic carbocycles. The molecule has 5 heteroatoms. The maximum atomic E-state index is 11.9. The van der Waals surface area contributed by atoms with Gasteiger partial charge in [0, 0.05) is 13.7 Å². The van der Waals surface area contributed by atoms with Crippen molar-refractivity contribution in [2.75, 3.05) is 20.3 Å². The van der Waals surface area contributed by atoms with E-state index >= 15 is 0 Å². The van der Waals surface area contributed by atoms with Crippen LogP contribution in [0.2, 0.25) is 0 Å². The van der Waals surface area contributed by atoms with Crippen molar-refractivity contribution < 1.29 is 14.3 Å². The molecular weight excluding hydrogens is 268 g/mol. The highest BCUT2D eigenvalue weighted by atomic mass is 16.5. The lowest BCUT2D eigenvalue weighted by molar-refractivity contribution is -0.124. The van der Waals surface area contributed by atoms with Gasteiger partial charge in [0.15, 0.2) is 0 Å². The van der Waals surface area contributed by atoms with Crippen molar-refractivity contribution in [3.05, 3.63) is 29.8 Å². The Morgan fingerprint density at radius 2 is 1.86 bits per heavy atom. The lowest BCUT2D eigenvalue weighted by atomic mass is 9.87. The van der Waals surface area contributed by atoms with E-state index in [0.29, 0.717) is 19.8 Å². The maximum absolute atomic E-state index is 11.9. The van der Waals surface area contributed by atoms with Crippen LogP contribution in [0.5, 0.6) is 5.75 Å². The lowest BCUT2D eigenvalue weighted by Gasteiger charge is -2.25. The molecule has 1 rings (SSSR count). The summed E-state index contributed by atoms with van der Waals surface area (Å²) in [5, 5.41) is 2.85. The van der Waals surface area contributed by atoms with Crippen LogP contribution in [0.15, 0.2) is 24.3 Å². The Morgan fingerprint density at radius 1 is 1.24 bits per heavy atom. The first-order valence-corrected chi connectivity index (χ1v) is 7.08. The van der Waals surface area contributed by atoms with Gasteiger partial charge in [0.2, 0.25) is 5.91 Å². The SMILES string of the molecule is COCCOc1ccc(CNC(=O)[C@@H](N)C(C)(C)C)cc1. The van der Waals surface area contributed by atoms with E-state index in [4.69, 9.17) is 15.2 Å². The third kappa shape index (κ3) is 6.14. The van der Waals surface area contributed by atoms with Crippen LogP contribution < -0.4 is 15.8 Å². The second-order valence-corrected chi connectivity index (χ2v) is 6.05. The van der Waals surface area contributed by atoms with Crippen LogP contribution in [0.3, 0.4) is 0 Å².